The third kappa shape index (κ3) is 3.18. The Labute approximate surface area is 156 Å². The molecule has 0 saturated heterocycles. The van der Waals surface area contributed by atoms with Gasteiger partial charge < -0.3 is 10.3 Å². The van der Waals surface area contributed by atoms with Crippen molar-refractivity contribution in [2.75, 3.05) is 5.32 Å². The molecule has 134 valence electrons. The van der Waals surface area contributed by atoms with Gasteiger partial charge in [-0.15, -0.1) is 0 Å². The molecule has 2 aromatic carbocycles. The third-order valence-corrected chi connectivity index (χ3v) is 4.48. The summed E-state index contributed by atoms with van der Waals surface area (Å²) in [6.07, 6.45) is 0.0348. The summed E-state index contributed by atoms with van der Waals surface area (Å²) in [6.45, 7) is 1.58. The molecule has 0 bridgehead atoms. The molecule has 3 aromatic rings. The fourth-order valence-electron chi connectivity index (χ4n) is 2.59. The van der Waals surface area contributed by atoms with Gasteiger partial charge in [0.05, 0.1) is 26.6 Å². The summed E-state index contributed by atoms with van der Waals surface area (Å²) in [5.74, 6) is -1.99. The minimum atomic E-state index is -0.751. The Morgan fingerprint density at radius 3 is 2.54 bits per heavy atom. The highest BCUT2D eigenvalue weighted by Gasteiger charge is 2.21. The molecule has 0 spiro atoms. The number of fused-ring (bicyclic) bond motifs is 1. The van der Waals surface area contributed by atoms with E-state index in [0.717, 1.165) is 18.2 Å². The van der Waals surface area contributed by atoms with E-state index in [2.05, 4.69) is 10.3 Å². The number of rotatable bonds is 4. The van der Waals surface area contributed by atoms with E-state index < -0.39 is 22.8 Å². The fourth-order valence-corrected chi connectivity index (χ4v) is 3.03. The van der Waals surface area contributed by atoms with Crippen molar-refractivity contribution >= 4 is 51.4 Å². The molecule has 3 rings (SSSR count). The van der Waals surface area contributed by atoms with E-state index in [9.17, 15) is 18.4 Å². The Morgan fingerprint density at radius 1 is 1.15 bits per heavy atom. The maximum Gasteiger partial charge on any atom is 0.203 e. The number of hydrogen-bond acceptors (Lipinski definition) is 3. The van der Waals surface area contributed by atoms with Crippen LogP contribution in [0.4, 0.5) is 20.3 Å². The number of aromatic nitrogens is 1. The summed E-state index contributed by atoms with van der Waals surface area (Å²) >= 11 is 12.2. The quantitative estimate of drug-likeness (QED) is 0.576. The number of H-pyrrole nitrogens is 1. The summed E-state index contributed by atoms with van der Waals surface area (Å²) in [7, 11) is 0. The summed E-state index contributed by atoms with van der Waals surface area (Å²) in [4.78, 5) is 28.0. The number of hydrogen-bond donors (Lipinski definition) is 2. The summed E-state index contributed by atoms with van der Waals surface area (Å²) in [5, 5.41) is 2.96. The topological polar surface area (TPSA) is 62.0 Å². The zero-order chi connectivity index (χ0) is 19.0. The molecular weight excluding hydrogens is 385 g/mol. The highest BCUT2D eigenvalue weighted by Crippen LogP contribution is 2.30. The van der Waals surface area contributed by atoms with Crippen LogP contribution in [0.15, 0.2) is 35.1 Å². The second-order valence-electron chi connectivity index (χ2n) is 5.51. The number of benzene rings is 2. The van der Waals surface area contributed by atoms with Crippen LogP contribution in [-0.4, -0.2) is 10.8 Å². The first-order valence-electron chi connectivity index (χ1n) is 7.62. The second kappa shape index (κ2) is 7.05. The summed E-state index contributed by atoms with van der Waals surface area (Å²) in [6, 6.07) is 5.73. The first-order valence-corrected chi connectivity index (χ1v) is 8.38. The Kier molecular flexibility index (Phi) is 4.98. The largest absolute Gasteiger partial charge is 0.339 e. The molecule has 1 aromatic heterocycles. The van der Waals surface area contributed by atoms with Gasteiger partial charge in [0.1, 0.15) is 23.0 Å². The van der Waals surface area contributed by atoms with Crippen LogP contribution in [0.3, 0.4) is 0 Å². The molecule has 0 radical (unpaired) electrons. The Hall–Kier alpha value is -2.44. The zero-order valence-electron chi connectivity index (χ0n) is 13.4. The van der Waals surface area contributed by atoms with E-state index >= 15 is 0 Å². The lowest BCUT2D eigenvalue weighted by Crippen LogP contribution is -2.19. The van der Waals surface area contributed by atoms with Gasteiger partial charge in [-0.25, -0.2) is 8.78 Å². The first-order chi connectivity index (χ1) is 12.3. The molecule has 0 fully saturated rings. The Bertz CT molecular complexity index is 1100. The molecule has 0 saturated carbocycles. The highest BCUT2D eigenvalue weighted by molar-refractivity contribution is 6.40. The van der Waals surface area contributed by atoms with Crippen LogP contribution in [0.2, 0.25) is 10.0 Å². The van der Waals surface area contributed by atoms with Gasteiger partial charge in [0.25, 0.3) is 0 Å². The number of ketones is 1. The Balaban J connectivity index is 2.33. The van der Waals surface area contributed by atoms with Crippen molar-refractivity contribution in [1.82, 2.24) is 4.98 Å². The van der Waals surface area contributed by atoms with Crippen LogP contribution in [-0.2, 0) is 0 Å². The number of carbonyl (C=O) groups excluding carboxylic acids is 1. The predicted molar refractivity (Wildman–Crippen MR) is 98.9 cm³/mol. The third-order valence-electron chi connectivity index (χ3n) is 3.85. The SMILES string of the molecule is CCC(=O)c1c(Nc2cc(F)ccc2F)[nH]c2c(Cl)ccc(Cl)c2c1=O. The molecule has 26 heavy (non-hydrogen) atoms. The van der Waals surface area contributed by atoms with Crippen molar-refractivity contribution in [3.05, 3.63) is 67.8 Å². The number of halogens is 4. The maximum absolute atomic E-state index is 14.0. The smallest absolute Gasteiger partial charge is 0.203 e. The van der Waals surface area contributed by atoms with Gasteiger partial charge in [0, 0.05) is 12.5 Å². The van der Waals surface area contributed by atoms with E-state index in [4.69, 9.17) is 23.2 Å². The molecule has 0 amide bonds. The van der Waals surface area contributed by atoms with Gasteiger partial charge in [-0.2, -0.15) is 0 Å². The fraction of sp³-hybridized carbons (Fsp3) is 0.111. The number of Topliss-reactive ketones (excluding diaryl/α,β-unsaturated/α-hetero) is 1. The van der Waals surface area contributed by atoms with Gasteiger partial charge in [-0.3, -0.25) is 9.59 Å². The van der Waals surface area contributed by atoms with Crippen LogP contribution < -0.4 is 10.7 Å². The predicted octanol–water partition coefficient (Wildman–Crippen LogP) is 5.45. The lowest BCUT2D eigenvalue weighted by atomic mass is 10.1. The van der Waals surface area contributed by atoms with Crippen LogP contribution in [0.25, 0.3) is 10.9 Å². The Morgan fingerprint density at radius 2 is 1.85 bits per heavy atom. The summed E-state index contributed by atoms with van der Waals surface area (Å²) < 4.78 is 27.4. The number of pyridine rings is 1. The maximum atomic E-state index is 14.0. The van der Waals surface area contributed by atoms with E-state index in [1.807, 2.05) is 0 Å². The average Bonchev–Trinajstić information content (AvgIpc) is 2.60. The van der Waals surface area contributed by atoms with Crippen LogP contribution in [0, 0.1) is 11.6 Å². The minimum absolute atomic E-state index is 0.0348. The normalized spacial score (nSPS) is 11.0. The average molecular weight is 397 g/mol. The lowest BCUT2D eigenvalue weighted by molar-refractivity contribution is 0.0988. The molecule has 1 heterocycles. The zero-order valence-corrected chi connectivity index (χ0v) is 14.9. The molecular formula is C18H12Cl2F2N2O2. The number of carbonyl (C=O) groups is 1. The molecule has 0 aliphatic heterocycles. The van der Waals surface area contributed by atoms with Gasteiger partial charge in [-0.1, -0.05) is 30.1 Å². The van der Waals surface area contributed by atoms with Crippen molar-refractivity contribution < 1.29 is 13.6 Å². The minimum Gasteiger partial charge on any atom is -0.339 e. The molecule has 0 aliphatic rings. The second-order valence-corrected chi connectivity index (χ2v) is 6.32. The van der Waals surface area contributed by atoms with Gasteiger partial charge in [0.2, 0.25) is 5.43 Å². The van der Waals surface area contributed by atoms with Crippen LogP contribution >= 0.6 is 23.2 Å². The molecule has 4 nitrogen and oxygen atoms in total. The van der Waals surface area contributed by atoms with Gasteiger partial charge in [-0.05, 0) is 24.3 Å². The molecule has 8 heteroatoms. The van der Waals surface area contributed by atoms with E-state index in [0.29, 0.717) is 0 Å². The van der Waals surface area contributed by atoms with E-state index in [-0.39, 0.29) is 44.4 Å². The van der Waals surface area contributed by atoms with Crippen molar-refractivity contribution in [1.29, 1.82) is 0 Å². The number of nitrogens with one attached hydrogen (secondary N) is 2. The van der Waals surface area contributed by atoms with Crippen molar-refractivity contribution in [3.8, 4) is 0 Å². The molecule has 0 unspecified atom stereocenters. The standard InChI is InChI=1S/C18H12Cl2F2N2O2/c1-2-13(25)15-17(26)14-9(19)4-5-10(20)16(14)24-18(15)23-12-7-8(21)3-6-11(12)22/h3-7H,2H2,1H3,(H2,23,24,26). The van der Waals surface area contributed by atoms with Crippen LogP contribution in [0.5, 0.6) is 0 Å². The summed E-state index contributed by atoms with van der Waals surface area (Å²) in [5.41, 5.74) is -0.912. The molecule has 0 aliphatic carbocycles. The van der Waals surface area contributed by atoms with Gasteiger partial charge in [0.15, 0.2) is 5.78 Å². The van der Waals surface area contributed by atoms with Crippen molar-refractivity contribution in [2.24, 2.45) is 0 Å². The van der Waals surface area contributed by atoms with Gasteiger partial charge >= 0.3 is 0 Å². The molecule has 2 N–H and O–H groups in total. The number of anilines is 2. The number of aromatic amines is 1. The van der Waals surface area contributed by atoms with Crippen LogP contribution in [0.1, 0.15) is 23.7 Å². The molecule has 0 atom stereocenters. The lowest BCUT2D eigenvalue weighted by Gasteiger charge is -2.14. The monoisotopic (exact) mass is 396 g/mol. The highest BCUT2D eigenvalue weighted by atomic mass is 35.5. The van der Waals surface area contributed by atoms with E-state index in [1.165, 1.54) is 12.1 Å². The van der Waals surface area contributed by atoms with Crippen molar-refractivity contribution in [2.45, 2.75) is 13.3 Å². The first kappa shape index (κ1) is 18.4. The van der Waals surface area contributed by atoms with E-state index in [1.54, 1.807) is 6.92 Å². The van der Waals surface area contributed by atoms with Crippen molar-refractivity contribution in [3.63, 3.8) is 0 Å².